The van der Waals surface area contributed by atoms with Crippen molar-refractivity contribution in [3.05, 3.63) is 30.0 Å². The standard InChI is InChI=1S/C11H8N2O2/c14-11(15)7-3-6-10-8-4-1-2-5-9(8)12-13-10/h1-2,4-5H,7H2,(H,12,13)(H,14,15). The number of hydrogen-bond acceptors (Lipinski definition) is 2. The number of benzene rings is 1. The molecule has 74 valence electrons. The van der Waals surface area contributed by atoms with Gasteiger partial charge in [-0.15, -0.1) is 0 Å². The van der Waals surface area contributed by atoms with Gasteiger partial charge in [-0.05, 0) is 18.1 Å². The van der Waals surface area contributed by atoms with Crippen LogP contribution in [0.1, 0.15) is 12.1 Å². The molecule has 0 unspecified atom stereocenters. The summed E-state index contributed by atoms with van der Waals surface area (Å²) in [4.78, 5) is 10.3. The van der Waals surface area contributed by atoms with Crippen molar-refractivity contribution in [2.75, 3.05) is 0 Å². The number of hydrogen-bond donors (Lipinski definition) is 2. The Kier molecular flexibility index (Phi) is 2.38. The van der Waals surface area contributed by atoms with Gasteiger partial charge in [-0.1, -0.05) is 18.1 Å². The molecule has 0 atom stereocenters. The van der Waals surface area contributed by atoms with E-state index in [1.807, 2.05) is 24.3 Å². The Labute approximate surface area is 85.9 Å². The van der Waals surface area contributed by atoms with Gasteiger partial charge in [-0.2, -0.15) is 5.10 Å². The maximum absolute atomic E-state index is 10.3. The third-order valence-corrected chi connectivity index (χ3v) is 1.91. The molecule has 0 saturated carbocycles. The van der Waals surface area contributed by atoms with Gasteiger partial charge in [0.1, 0.15) is 12.1 Å². The average molecular weight is 200 g/mol. The van der Waals surface area contributed by atoms with Crippen LogP contribution in [0.5, 0.6) is 0 Å². The highest BCUT2D eigenvalue weighted by Gasteiger charge is 2.00. The van der Waals surface area contributed by atoms with E-state index in [2.05, 4.69) is 22.0 Å². The lowest BCUT2D eigenvalue weighted by molar-refractivity contribution is -0.135. The molecular formula is C11H8N2O2. The smallest absolute Gasteiger partial charge is 0.315 e. The lowest BCUT2D eigenvalue weighted by Gasteiger charge is -1.85. The Balaban J connectivity index is 2.35. The van der Waals surface area contributed by atoms with Gasteiger partial charge >= 0.3 is 5.97 Å². The predicted molar refractivity (Wildman–Crippen MR) is 55.2 cm³/mol. The monoisotopic (exact) mass is 200 g/mol. The number of aromatic amines is 1. The van der Waals surface area contributed by atoms with E-state index in [1.54, 1.807) is 0 Å². The number of para-hydroxylation sites is 1. The molecule has 0 fully saturated rings. The summed E-state index contributed by atoms with van der Waals surface area (Å²) in [7, 11) is 0. The van der Waals surface area contributed by atoms with Crippen LogP contribution < -0.4 is 0 Å². The summed E-state index contributed by atoms with van der Waals surface area (Å²) in [6, 6.07) is 7.54. The Morgan fingerprint density at radius 1 is 1.47 bits per heavy atom. The summed E-state index contributed by atoms with van der Waals surface area (Å²) in [5.41, 5.74) is 1.49. The molecule has 15 heavy (non-hydrogen) atoms. The van der Waals surface area contributed by atoms with Gasteiger partial charge < -0.3 is 5.11 Å². The number of nitrogens with one attached hydrogen (secondary N) is 1. The number of carboxylic acid groups (broad SMARTS) is 1. The highest BCUT2D eigenvalue weighted by Crippen LogP contribution is 2.13. The molecule has 0 amide bonds. The third kappa shape index (κ3) is 1.97. The quantitative estimate of drug-likeness (QED) is 0.683. The SMILES string of the molecule is O=C(O)CC#Cc1[nH]nc2ccccc12. The van der Waals surface area contributed by atoms with Crippen molar-refractivity contribution in [3.8, 4) is 11.8 Å². The van der Waals surface area contributed by atoms with Gasteiger partial charge in [0.25, 0.3) is 0 Å². The Hall–Kier alpha value is -2.28. The molecule has 0 spiro atoms. The number of aliphatic carboxylic acids is 1. The van der Waals surface area contributed by atoms with Gasteiger partial charge in [0.05, 0.1) is 5.52 Å². The molecule has 1 aromatic carbocycles. The largest absolute Gasteiger partial charge is 0.481 e. The second-order valence-electron chi connectivity index (χ2n) is 2.99. The molecule has 0 radical (unpaired) electrons. The number of rotatable bonds is 1. The van der Waals surface area contributed by atoms with Crippen molar-refractivity contribution in [1.82, 2.24) is 10.2 Å². The zero-order valence-electron chi connectivity index (χ0n) is 7.82. The number of carboxylic acids is 1. The van der Waals surface area contributed by atoms with Crippen LogP contribution in [-0.4, -0.2) is 21.3 Å². The summed E-state index contributed by atoms with van der Waals surface area (Å²) in [5.74, 6) is 4.38. The van der Waals surface area contributed by atoms with Gasteiger partial charge in [-0.3, -0.25) is 9.89 Å². The number of carbonyl (C=O) groups is 1. The zero-order chi connectivity index (χ0) is 10.7. The number of H-pyrrole nitrogens is 1. The molecular weight excluding hydrogens is 192 g/mol. The first kappa shape index (κ1) is 9.28. The third-order valence-electron chi connectivity index (χ3n) is 1.91. The van der Waals surface area contributed by atoms with E-state index in [0.717, 1.165) is 10.9 Å². The molecule has 2 rings (SSSR count). The van der Waals surface area contributed by atoms with Crippen LogP contribution >= 0.6 is 0 Å². The van der Waals surface area contributed by atoms with Crippen LogP contribution in [0.3, 0.4) is 0 Å². The van der Waals surface area contributed by atoms with Crippen LogP contribution in [0, 0.1) is 11.8 Å². The topological polar surface area (TPSA) is 66.0 Å². The van der Waals surface area contributed by atoms with Crippen LogP contribution in [0.15, 0.2) is 24.3 Å². The van der Waals surface area contributed by atoms with Crippen molar-refractivity contribution < 1.29 is 9.90 Å². The zero-order valence-corrected chi connectivity index (χ0v) is 7.82. The van der Waals surface area contributed by atoms with Crippen molar-refractivity contribution >= 4 is 16.9 Å². The van der Waals surface area contributed by atoms with Crippen LogP contribution in [-0.2, 0) is 4.79 Å². The first-order valence-corrected chi connectivity index (χ1v) is 4.41. The Morgan fingerprint density at radius 3 is 3.07 bits per heavy atom. The summed E-state index contributed by atoms with van der Waals surface area (Å²) < 4.78 is 0. The van der Waals surface area contributed by atoms with Crippen LogP contribution in [0.25, 0.3) is 10.9 Å². The van der Waals surface area contributed by atoms with Crippen LogP contribution in [0.4, 0.5) is 0 Å². The highest BCUT2D eigenvalue weighted by atomic mass is 16.4. The molecule has 0 aliphatic carbocycles. The lowest BCUT2D eigenvalue weighted by atomic mass is 10.2. The fourth-order valence-corrected chi connectivity index (χ4v) is 1.26. The summed E-state index contributed by atoms with van der Waals surface area (Å²) in [5, 5.41) is 16.2. The second-order valence-corrected chi connectivity index (χ2v) is 2.99. The maximum atomic E-state index is 10.3. The first-order valence-electron chi connectivity index (χ1n) is 4.41. The minimum Gasteiger partial charge on any atom is -0.481 e. The lowest BCUT2D eigenvalue weighted by Crippen LogP contribution is -1.90. The molecule has 2 aromatic rings. The van der Waals surface area contributed by atoms with E-state index in [0.29, 0.717) is 5.69 Å². The fourth-order valence-electron chi connectivity index (χ4n) is 1.26. The van der Waals surface area contributed by atoms with Crippen molar-refractivity contribution in [1.29, 1.82) is 0 Å². The summed E-state index contributed by atoms with van der Waals surface area (Å²) in [6.07, 6.45) is -0.159. The maximum Gasteiger partial charge on any atom is 0.315 e. The van der Waals surface area contributed by atoms with E-state index in [4.69, 9.17) is 5.11 Å². The summed E-state index contributed by atoms with van der Waals surface area (Å²) in [6.45, 7) is 0. The normalized spacial score (nSPS) is 9.60. The number of nitrogens with zero attached hydrogens (tertiary/aromatic N) is 1. The van der Waals surface area contributed by atoms with Crippen molar-refractivity contribution in [2.24, 2.45) is 0 Å². The highest BCUT2D eigenvalue weighted by molar-refractivity contribution is 5.84. The molecule has 1 aromatic heterocycles. The Bertz CT molecular complexity index is 560. The second kappa shape index (κ2) is 3.84. The minimum absolute atomic E-state index is 0.159. The van der Waals surface area contributed by atoms with E-state index in [-0.39, 0.29) is 6.42 Å². The van der Waals surface area contributed by atoms with Crippen molar-refractivity contribution in [2.45, 2.75) is 6.42 Å². The molecule has 4 nitrogen and oxygen atoms in total. The van der Waals surface area contributed by atoms with Gasteiger partial charge in [0.15, 0.2) is 0 Å². The average Bonchev–Trinajstić information content (AvgIpc) is 2.62. The van der Waals surface area contributed by atoms with Gasteiger partial charge in [0.2, 0.25) is 0 Å². The van der Waals surface area contributed by atoms with E-state index >= 15 is 0 Å². The molecule has 0 bridgehead atoms. The van der Waals surface area contributed by atoms with Crippen molar-refractivity contribution in [3.63, 3.8) is 0 Å². The molecule has 1 heterocycles. The van der Waals surface area contributed by atoms with Crippen LogP contribution in [0.2, 0.25) is 0 Å². The minimum atomic E-state index is -0.925. The van der Waals surface area contributed by atoms with Gasteiger partial charge in [-0.25, -0.2) is 0 Å². The van der Waals surface area contributed by atoms with Gasteiger partial charge in [0, 0.05) is 5.39 Å². The fraction of sp³-hybridized carbons (Fsp3) is 0.0909. The molecule has 0 saturated heterocycles. The molecule has 2 N–H and O–H groups in total. The molecule has 0 aliphatic rings. The van der Waals surface area contributed by atoms with E-state index in [9.17, 15) is 4.79 Å². The predicted octanol–water partition coefficient (Wildman–Crippen LogP) is 1.39. The molecule has 0 aliphatic heterocycles. The Morgan fingerprint density at radius 2 is 2.27 bits per heavy atom. The first-order chi connectivity index (χ1) is 7.27. The van der Waals surface area contributed by atoms with E-state index < -0.39 is 5.97 Å². The van der Waals surface area contributed by atoms with E-state index in [1.165, 1.54) is 0 Å². The molecule has 4 heteroatoms. The number of aromatic nitrogens is 2. The number of fused-ring (bicyclic) bond motifs is 1. The summed E-state index contributed by atoms with van der Waals surface area (Å²) >= 11 is 0.